The molecule has 1 aliphatic rings. The van der Waals surface area contributed by atoms with E-state index in [0.29, 0.717) is 11.6 Å². The summed E-state index contributed by atoms with van der Waals surface area (Å²) in [7, 11) is 1.42. The van der Waals surface area contributed by atoms with Gasteiger partial charge in [0.25, 0.3) is 5.91 Å². The highest BCUT2D eigenvalue weighted by atomic mass is 32.1. The van der Waals surface area contributed by atoms with Gasteiger partial charge >= 0.3 is 5.00 Å². The molecule has 1 fully saturated rings. The van der Waals surface area contributed by atoms with Gasteiger partial charge in [-0.1, -0.05) is 0 Å². The Kier molecular flexibility index (Phi) is 3.24. The summed E-state index contributed by atoms with van der Waals surface area (Å²) in [6.45, 7) is 0. The van der Waals surface area contributed by atoms with Crippen LogP contribution < -0.4 is 5.32 Å². The van der Waals surface area contributed by atoms with E-state index in [4.69, 9.17) is 0 Å². The van der Waals surface area contributed by atoms with Crippen LogP contribution in [-0.2, 0) is 9.59 Å². The molecule has 9 heteroatoms. The normalized spacial score (nSPS) is 20.1. The van der Waals surface area contributed by atoms with Crippen LogP contribution in [0, 0.1) is 10.1 Å². The zero-order valence-electron chi connectivity index (χ0n) is 9.45. The van der Waals surface area contributed by atoms with Crippen LogP contribution in [0.4, 0.5) is 10.1 Å². The lowest BCUT2D eigenvalue weighted by atomic mass is 10.1. The zero-order chi connectivity index (χ0) is 13.3. The number of piperidine rings is 1. The second-order valence-corrected chi connectivity index (χ2v) is 4.80. The molecule has 2 heterocycles. The third kappa shape index (κ3) is 2.30. The predicted octanol–water partition coefficient (Wildman–Crippen LogP) is 0.611. The van der Waals surface area contributed by atoms with Gasteiger partial charge in [0.2, 0.25) is 5.91 Å². The maximum atomic E-state index is 11.8. The number of likely N-dealkylation sites (tertiary alicyclic amines) is 1. The first kappa shape index (κ1) is 12.4. The number of nitro groups is 1. The van der Waals surface area contributed by atoms with E-state index in [2.05, 4.69) is 10.3 Å². The van der Waals surface area contributed by atoms with E-state index in [9.17, 15) is 19.7 Å². The molecule has 0 saturated carbocycles. The molecule has 96 valence electrons. The second kappa shape index (κ2) is 4.69. The molecule has 0 aliphatic carbocycles. The van der Waals surface area contributed by atoms with Gasteiger partial charge in [0, 0.05) is 13.5 Å². The lowest BCUT2D eigenvalue weighted by molar-refractivity contribution is -0.380. The Hall–Kier alpha value is -2.03. The molecule has 1 aromatic heterocycles. The second-order valence-electron chi connectivity index (χ2n) is 3.79. The quantitative estimate of drug-likeness (QED) is 0.490. The van der Waals surface area contributed by atoms with Crippen LogP contribution >= 0.6 is 11.3 Å². The molecule has 1 saturated heterocycles. The van der Waals surface area contributed by atoms with Crippen LogP contribution in [0.5, 0.6) is 0 Å². The third-order valence-electron chi connectivity index (χ3n) is 2.62. The van der Waals surface area contributed by atoms with Crippen molar-refractivity contribution in [3.05, 3.63) is 16.3 Å². The number of rotatable bonds is 3. The molecule has 0 bridgehead atoms. The molecule has 0 aromatic carbocycles. The molecule has 1 aliphatic heterocycles. The third-order valence-corrected chi connectivity index (χ3v) is 3.50. The number of amides is 2. The van der Waals surface area contributed by atoms with E-state index in [1.54, 1.807) is 0 Å². The van der Waals surface area contributed by atoms with E-state index in [-0.39, 0.29) is 23.2 Å². The fourth-order valence-corrected chi connectivity index (χ4v) is 2.30. The first-order valence-corrected chi connectivity index (χ1v) is 5.98. The summed E-state index contributed by atoms with van der Waals surface area (Å²) in [5.74, 6) is -0.563. The van der Waals surface area contributed by atoms with E-state index in [1.807, 2.05) is 0 Å². The highest BCUT2D eigenvalue weighted by Crippen LogP contribution is 2.26. The molecule has 8 nitrogen and oxygen atoms in total. The van der Waals surface area contributed by atoms with Gasteiger partial charge in [0.15, 0.2) is 5.13 Å². The average molecular weight is 270 g/mol. The molecule has 2 amide bonds. The Labute approximate surface area is 106 Å². The minimum atomic E-state index is -0.557. The van der Waals surface area contributed by atoms with Gasteiger partial charge in [-0.25, -0.2) is 4.98 Å². The Morgan fingerprint density at radius 1 is 1.61 bits per heavy atom. The first-order chi connectivity index (χ1) is 8.49. The van der Waals surface area contributed by atoms with Crippen LogP contribution in [0.2, 0.25) is 0 Å². The van der Waals surface area contributed by atoms with Crippen LogP contribution in [0.1, 0.15) is 12.8 Å². The van der Waals surface area contributed by atoms with Crippen LogP contribution in [0.25, 0.3) is 0 Å². The average Bonchev–Trinajstić information content (AvgIpc) is 2.79. The van der Waals surface area contributed by atoms with E-state index in [0.717, 1.165) is 22.4 Å². The molecule has 0 spiro atoms. The Balaban J connectivity index is 2.07. The minimum absolute atomic E-state index is 0.0924. The number of anilines is 1. The minimum Gasteiger partial charge on any atom is -0.350 e. The van der Waals surface area contributed by atoms with Crippen LogP contribution in [-0.4, -0.2) is 39.7 Å². The maximum Gasteiger partial charge on any atom is 0.345 e. The summed E-state index contributed by atoms with van der Waals surface area (Å²) in [6.07, 6.45) is 1.78. The SMILES string of the molecule is CN1C(=O)CCC(Nc2ncc([N+](=O)[O-])s2)C1=O. The summed E-state index contributed by atoms with van der Waals surface area (Å²) < 4.78 is 0. The lowest BCUT2D eigenvalue weighted by Crippen LogP contribution is -2.48. The van der Waals surface area contributed by atoms with Gasteiger partial charge in [-0.15, -0.1) is 0 Å². The molecule has 1 aromatic rings. The summed E-state index contributed by atoms with van der Waals surface area (Å²) in [5.41, 5.74) is 0. The van der Waals surface area contributed by atoms with Crippen molar-refractivity contribution in [3.8, 4) is 0 Å². The number of aromatic nitrogens is 1. The highest BCUT2D eigenvalue weighted by Gasteiger charge is 2.32. The monoisotopic (exact) mass is 270 g/mol. The van der Waals surface area contributed by atoms with Crippen molar-refractivity contribution >= 4 is 33.3 Å². The highest BCUT2D eigenvalue weighted by molar-refractivity contribution is 7.18. The van der Waals surface area contributed by atoms with Gasteiger partial charge in [-0.05, 0) is 17.8 Å². The number of carbonyl (C=O) groups is 2. The smallest absolute Gasteiger partial charge is 0.345 e. The van der Waals surface area contributed by atoms with Crippen molar-refractivity contribution in [2.24, 2.45) is 0 Å². The number of hydrogen-bond donors (Lipinski definition) is 1. The molecule has 1 unspecified atom stereocenters. The fraction of sp³-hybridized carbons (Fsp3) is 0.444. The Bertz CT molecular complexity index is 514. The van der Waals surface area contributed by atoms with Gasteiger partial charge in [0.05, 0.1) is 4.92 Å². The largest absolute Gasteiger partial charge is 0.350 e. The summed E-state index contributed by atoms with van der Waals surface area (Å²) >= 11 is 0.862. The predicted molar refractivity (Wildman–Crippen MR) is 63.2 cm³/mol. The fourth-order valence-electron chi connectivity index (χ4n) is 1.62. The summed E-state index contributed by atoms with van der Waals surface area (Å²) in [4.78, 5) is 37.9. The topological polar surface area (TPSA) is 105 Å². The number of nitrogens with zero attached hydrogens (tertiary/aromatic N) is 3. The first-order valence-electron chi connectivity index (χ1n) is 5.16. The van der Waals surface area contributed by atoms with Crippen molar-refractivity contribution in [1.82, 2.24) is 9.88 Å². The molecular weight excluding hydrogens is 260 g/mol. The van der Waals surface area contributed by atoms with E-state index in [1.165, 1.54) is 7.05 Å². The molecule has 18 heavy (non-hydrogen) atoms. The van der Waals surface area contributed by atoms with Crippen molar-refractivity contribution in [1.29, 1.82) is 0 Å². The van der Waals surface area contributed by atoms with Gasteiger partial charge in [-0.2, -0.15) is 0 Å². The standard InChI is InChI=1S/C9H10N4O4S/c1-12-6(14)3-2-5(8(12)15)11-9-10-4-7(18-9)13(16)17/h4-5H,2-3H2,1H3,(H,10,11). The van der Waals surface area contributed by atoms with Gasteiger partial charge in [-0.3, -0.25) is 24.6 Å². The van der Waals surface area contributed by atoms with Crippen molar-refractivity contribution in [2.45, 2.75) is 18.9 Å². The zero-order valence-corrected chi connectivity index (χ0v) is 10.3. The molecule has 1 atom stereocenters. The number of thiazole rings is 1. The van der Waals surface area contributed by atoms with Gasteiger partial charge < -0.3 is 5.32 Å². The Morgan fingerprint density at radius 3 is 2.94 bits per heavy atom. The molecule has 0 radical (unpaired) electrons. The van der Waals surface area contributed by atoms with E-state index < -0.39 is 11.0 Å². The van der Waals surface area contributed by atoms with Crippen LogP contribution in [0.15, 0.2) is 6.20 Å². The van der Waals surface area contributed by atoms with Crippen molar-refractivity contribution in [2.75, 3.05) is 12.4 Å². The number of carbonyl (C=O) groups excluding carboxylic acids is 2. The molecular formula is C9H10N4O4S. The van der Waals surface area contributed by atoms with Crippen LogP contribution in [0.3, 0.4) is 0 Å². The molecule has 2 rings (SSSR count). The van der Waals surface area contributed by atoms with Gasteiger partial charge in [0.1, 0.15) is 12.2 Å². The molecule has 1 N–H and O–H groups in total. The number of likely N-dealkylation sites (N-methyl/N-ethyl adjacent to an activating group) is 1. The number of nitrogens with one attached hydrogen (secondary N) is 1. The summed E-state index contributed by atoms with van der Waals surface area (Å²) in [5, 5.41) is 13.5. The maximum absolute atomic E-state index is 11.8. The summed E-state index contributed by atoms with van der Waals surface area (Å²) in [6, 6.07) is -0.557. The number of hydrogen-bond acceptors (Lipinski definition) is 7. The lowest BCUT2D eigenvalue weighted by Gasteiger charge is -2.27. The van der Waals surface area contributed by atoms with Crippen molar-refractivity contribution in [3.63, 3.8) is 0 Å². The Morgan fingerprint density at radius 2 is 2.33 bits per heavy atom. The number of imide groups is 1. The van der Waals surface area contributed by atoms with E-state index >= 15 is 0 Å². The van der Waals surface area contributed by atoms with Crippen molar-refractivity contribution < 1.29 is 14.5 Å².